The van der Waals surface area contributed by atoms with Gasteiger partial charge in [-0.05, 0) is 51.3 Å². The molecule has 0 amide bonds. The lowest BCUT2D eigenvalue weighted by Crippen LogP contribution is -2.37. The average Bonchev–Trinajstić information content (AvgIpc) is 2.39. The van der Waals surface area contributed by atoms with Crippen LogP contribution in [0.25, 0.3) is 0 Å². The van der Waals surface area contributed by atoms with Gasteiger partial charge in [0.15, 0.2) is 0 Å². The molecule has 0 unspecified atom stereocenters. The highest BCUT2D eigenvalue weighted by Gasteiger charge is 2.22. The van der Waals surface area contributed by atoms with Crippen molar-refractivity contribution in [1.82, 2.24) is 4.90 Å². The topological polar surface area (TPSA) is 29.5 Å². The molecule has 1 aromatic carbocycles. The van der Waals surface area contributed by atoms with Crippen molar-refractivity contribution in [1.29, 1.82) is 0 Å². The van der Waals surface area contributed by atoms with E-state index >= 15 is 0 Å². The third-order valence-electron chi connectivity index (χ3n) is 3.58. The molecule has 0 N–H and O–H groups in total. The number of benzene rings is 1. The fourth-order valence-electron chi connectivity index (χ4n) is 2.63. The molecule has 0 radical (unpaired) electrons. The number of piperidine rings is 1. The second kappa shape index (κ2) is 6.71. The maximum absolute atomic E-state index is 11.6. The number of likely N-dealkylation sites (tertiary alicyclic amines) is 1. The van der Waals surface area contributed by atoms with E-state index in [9.17, 15) is 4.79 Å². The van der Waals surface area contributed by atoms with Crippen LogP contribution in [0.4, 0.5) is 0 Å². The predicted octanol–water partition coefficient (Wildman–Crippen LogP) is 2.82. The molecular formula is C16H23NO2. The Kier molecular flexibility index (Phi) is 4.97. The first kappa shape index (κ1) is 14.1. The molecule has 1 aliphatic heterocycles. The molecule has 3 nitrogen and oxygen atoms in total. The normalized spacial score (nSPS) is 17.6. The summed E-state index contributed by atoms with van der Waals surface area (Å²) in [6.07, 6.45) is 2.23. The van der Waals surface area contributed by atoms with E-state index in [0.29, 0.717) is 12.5 Å². The number of hydrogen-bond donors (Lipinski definition) is 0. The summed E-state index contributed by atoms with van der Waals surface area (Å²) in [4.78, 5) is 13.8. The van der Waals surface area contributed by atoms with E-state index in [4.69, 9.17) is 4.74 Å². The van der Waals surface area contributed by atoms with E-state index in [-0.39, 0.29) is 12.1 Å². The molecule has 1 fully saturated rings. The SMILES string of the molecule is CC(C)OC(=O)CN1CCC(c2ccccc2)CC1. The minimum Gasteiger partial charge on any atom is -0.462 e. The fourth-order valence-corrected chi connectivity index (χ4v) is 2.63. The monoisotopic (exact) mass is 261 g/mol. The summed E-state index contributed by atoms with van der Waals surface area (Å²) in [6, 6.07) is 10.7. The Bertz CT molecular complexity index is 394. The zero-order chi connectivity index (χ0) is 13.7. The molecule has 0 spiro atoms. The molecule has 2 rings (SSSR count). The zero-order valence-electron chi connectivity index (χ0n) is 11.8. The van der Waals surface area contributed by atoms with Crippen molar-refractivity contribution in [2.75, 3.05) is 19.6 Å². The summed E-state index contributed by atoms with van der Waals surface area (Å²) >= 11 is 0. The number of hydrogen-bond acceptors (Lipinski definition) is 3. The largest absolute Gasteiger partial charge is 0.462 e. The van der Waals surface area contributed by atoms with Crippen molar-refractivity contribution in [2.45, 2.75) is 38.7 Å². The van der Waals surface area contributed by atoms with E-state index in [1.54, 1.807) is 0 Å². The molecule has 1 saturated heterocycles. The number of ether oxygens (including phenoxy) is 1. The van der Waals surface area contributed by atoms with Crippen LogP contribution in [-0.4, -0.2) is 36.6 Å². The average molecular weight is 261 g/mol. The second-order valence-corrected chi connectivity index (χ2v) is 5.50. The molecule has 19 heavy (non-hydrogen) atoms. The summed E-state index contributed by atoms with van der Waals surface area (Å²) < 4.78 is 5.18. The van der Waals surface area contributed by atoms with Crippen molar-refractivity contribution in [3.63, 3.8) is 0 Å². The molecule has 1 heterocycles. The van der Waals surface area contributed by atoms with E-state index in [1.165, 1.54) is 5.56 Å². The van der Waals surface area contributed by atoms with Crippen LogP contribution in [0.1, 0.15) is 38.2 Å². The highest BCUT2D eigenvalue weighted by molar-refractivity contribution is 5.71. The maximum Gasteiger partial charge on any atom is 0.320 e. The Labute approximate surface area is 115 Å². The molecule has 0 bridgehead atoms. The van der Waals surface area contributed by atoms with Crippen molar-refractivity contribution in [3.8, 4) is 0 Å². The lowest BCUT2D eigenvalue weighted by molar-refractivity contribution is -0.148. The summed E-state index contributed by atoms with van der Waals surface area (Å²) in [6.45, 7) is 6.16. The number of carbonyl (C=O) groups is 1. The molecule has 0 aromatic heterocycles. The number of rotatable bonds is 4. The van der Waals surface area contributed by atoms with Crippen molar-refractivity contribution >= 4 is 5.97 Å². The minimum absolute atomic E-state index is 0.0191. The quantitative estimate of drug-likeness (QED) is 0.781. The second-order valence-electron chi connectivity index (χ2n) is 5.50. The van der Waals surface area contributed by atoms with Gasteiger partial charge in [-0.3, -0.25) is 9.69 Å². The zero-order valence-corrected chi connectivity index (χ0v) is 11.8. The third kappa shape index (κ3) is 4.35. The lowest BCUT2D eigenvalue weighted by Gasteiger charge is -2.31. The number of esters is 1. The van der Waals surface area contributed by atoms with E-state index in [2.05, 4.69) is 35.2 Å². The fraction of sp³-hybridized carbons (Fsp3) is 0.562. The molecule has 0 atom stereocenters. The standard InChI is InChI=1S/C16H23NO2/c1-13(2)19-16(18)12-17-10-8-15(9-11-17)14-6-4-3-5-7-14/h3-7,13,15H,8-12H2,1-2H3. The van der Waals surface area contributed by atoms with Gasteiger partial charge in [0.2, 0.25) is 0 Å². The van der Waals surface area contributed by atoms with Gasteiger partial charge in [-0.2, -0.15) is 0 Å². The maximum atomic E-state index is 11.6. The molecule has 0 aliphatic carbocycles. The predicted molar refractivity (Wildman–Crippen MR) is 76.1 cm³/mol. The third-order valence-corrected chi connectivity index (χ3v) is 3.58. The number of carbonyl (C=O) groups excluding carboxylic acids is 1. The summed E-state index contributed by atoms with van der Waals surface area (Å²) in [7, 11) is 0. The van der Waals surface area contributed by atoms with Crippen LogP contribution in [0.5, 0.6) is 0 Å². The Morgan fingerprint density at radius 1 is 1.26 bits per heavy atom. The van der Waals surface area contributed by atoms with E-state index in [1.807, 2.05) is 13.8 Å². The van der Waals surface area contributed by atoms with Crippen LogP contribution in [0, 0.1) is 0 Å². The van der Waals surface area contributed by atoms with Crippen LogP contribution in [0.3, 0.4) is 0 Å². The van der Waals surface area contributed by atoms with Gasteiger partial charge < -0.3 is 4.74 Å². The summed E-state index contributed by atoms with van der Waals surface area (Å²) in [5.41, 5.74) is 1.42. The molecule has 1 aliphatic rings. The van der Waals surface area contributed by atoms with Gasteiger partial charge in [-0.1, -0.05) is 30.3 Å². The Balaban J connectivity index is 1.78. The highest BCUT2D eigenvalue weighted by Crippen LogP contribution is 2.27. The van der Waals surface area contributed by atoms with Gasteiger partial charge >= 0.3 is 5.97 Å². The number of nitrogens with zero attached hydrogens (tertiary/aromatic N) is 1. The summed E-state index contributed by atoms with van der Waals surface area (Å²) in [5.74, 6) is 0.534. The molecule has 3 heteroatoms. The first-order valence-corrected chi connectivity index (χ1v) is 7.12. The van der Waals surface area contributed by atoms with Gasteiger partial charge in [0, 0.05) is 0 Å². The van der Waals surface area contributed by atoms with E-state index in [0.717, 1.165) is 25.9 Å². The van der Waals surface area contributed by atoms with Crippen molar-refractivity contribution < 1.29 is 9.53 Å². The molecule has 104 valence electrons. The van der Waals surface area contributed by atoms with E-state index < -0.39 is 0 Å². The Morgan fingerprint density at radius 3 is 2.47 bits per heavy atom. The minimum atomic E-state index is -0.104. The van der Waals surface area contributed by atoms with Crippen LogP contribution >= 0.6 is 0 Å². The van der Waals surface area contributed by atoms with Crippen LogP contribution in [-0.2, 0) is 9.53 Å². The molecule has 0 saturated carbocycles. The van der Waals surface area contributed by atoms with Crippen LogP contribution < -0.4 is 0 Å². The Morgan fingerprint density at radius 2 is 1.89 bits per heavy atom. The lowest BCUT2D eigenvalue weighted by atomic mass is 9.89. The van der Waals surface area contributed by atoms with Crippen molar-refractivity contribution in [2.24, 2.45) is 0 Å². The Hall–Kier alpha value is -1.35. The first-order valence-electron chi connectivity index (χ1n) is 7.12. The van der Waals surface area contributed by atoms with Gasteiger partial charge in [-0.25, -0.2) is 0 Å². The summed E-state index contributed by atoms with van der Waals surface area (Å²) in [5, 5.41) is 0. The van der Waals surface area contributed by atoms with Crippen LogP contribution in [0.2, 0.25) is 0 Å². The smallest absolute Gasteiger partial charge is 0.320 e. The molecule has 1 aromatic rings. The van der Waals surface area contributed by atoms with Gasteiger partial charge in [0.25, 0.3) is 0 Å². The van der Waals surface area contributed by atoms with Crippen molar-refractivity contribution in [3.05, 3.63) is 35.9 Å². The highest BCUT2D eigenvalue weighted by atomic mass is 16.5. The molecular weight excluding hydrogens is 238 g/mol. The first-order chi connectivity index (χ1) is 9.15. The van der Waals surface area contributed by atoms with Gasteiger partial charge in [-0.15, -0.1) is 0 Å². The van der Waals surface area contributed by atoms with Gasteiger partial charge in [0.1, 0.15) is 0 Å². The van der Waals surface area contributed by atoms with Gasteiger partial charge in [0.05, 0.1) is 12.6 Å². The van der Waals surface area contributed by atoms with Crippen LogP contribution in [0.15, 0.2) is 30.3 Å².